The van der Waals surface area contributed by atoms with E-state index >= 15 is 0 Å². The molecule has 0 spiro atoms. The van der Waals surface area contributed by atoms with Gasteiger partial charge in [-0.3, -0.25) is 4.79 Å². The molecule has 0 saturated carbocycles. The molecule has 1 unspecified atom stereocenters. The van der Waals surface area contributed by atoms with Crippen molar-refractivity contribution in [2.75, 3.05) is 25.9 Å². The van der Waals surface area contributed by atoms with Gasteiger partial charge in [0.2, 0.25) is 6.79 Å². The smallest absolute Gasteiger partial charge is 0.307 e. The SMILES string of the molecule is Cc1cc(-c2cc(C)c(OCC(COc3ccccc3-c3ccccc3)OC(=O)CCCl)c(C)c2)cc(C)c1OCOc1ccccc1-c1ccccc1. The van der Waals surface area contributed by atoms with Crippen LogP contribution in [0.15, 0.2) is 133 Å². The molecule has 0 heterocycles. The van der Waals surface area contributed by atoms with Gasteiger partial charge in [0.05, 0.1) is 6.42 Å². The number of hydrogen-bond acceptors (Lipinski definition) is 6. The number of alkyl halides is 1. The fourth-order valence-electron chi connectivity index (χ4n) is 6.54. The third-order valence-corrected chi connectivity index (χ3v) is 9.24. The molecule has 0 fully saturated rings. The Morgan fingerprint density at radius 3 is 1.44 bits per heavy atom. The lowest BCUT2D eigenvalue weighted by atomic mass is 9.96. The van der Waals surface area contributed by atoms with E-state index in [1.165, 1.54) is 0 Å². The second-order valence-corrected chi connectivity index (χ2v) is 13.6. The predicted octanol–water partition coefficient (Wildman–Crippen LogP) is 11.3. The summed E-state index contributed by atoms with van der Waals surface area (Å²) in [5.74, 6) is 2.78. The number of carbonyl (C=O) groups is 1. The first-order valence-corrected chi connectivity index (χ1v) is 18.6. The Balaban J connectivity index is 1.12. The largest absolute Gasteiger partial charge is 0.489 e. The van der Waals surface area contributed by atoms with Crippen LogP contribution in [0.4, 0.5) is 0 Å². The highest BCUT2D eigenvalue weighted by Crippen LogP contribution is 2.36. The van der Waals surface area contributed by atoms with Gasteiger partial charge in [0.1, 0.15) is 36.2 Å². The van der Waals surface area contributed by atoms with Crippen LogP contribution in [0.3, 0.4) is 0 Å². The lowest BCUT2D eigenvalue weighted by Crippen LogP contribution is -2.31. The van der Waals surface area contributed by atoms with Gasteiger partial charge in [0, 0.05) is 17.0 Å². The van der Waals surface area contributed by atoms with Crippen LogP contribution in [0.1, 0.15) is 28.7 Å². The zero-order chi connectivity index (χ0) is 37.9. The van der Waals surface area contributed by atoms with Crippen LogP contribution in [0.2, 0.25) is 0 Å². The molecular weight excluding hydrogens is 696 g/mol. The molecule has 6 aromatic rings. The molecule has 6 aromatic carbocycles. The summed E-state index contributed by atoms with van der Waals surface area (Å²) in [5.41, 5.74) is 10.2. The van der Waals surface area contributed by atoms with Crippen molar-refractivity contribution in [1.29, 1.82) is 0 Å². The molecule has 0 aliphatic carbocycles. The van der Waals surface area contributed by atoms with Crippen LogP contribution in [0, 0.1) is 27.7 Å². The summed E-state index contributed by atoms with van der Waals surface area (Å²) in [5, 5.41) is 0. The number of esters is 1. The minimum atomic E-state index is -0.656. The van der Waals surface area contributed by atoms with Gasteiger partial charge in [-0.25, -0.2) is 0 Å². The summed E-state index contributed by atoms with van der Waals surface area (Å²) in [6.45, 7) is 8.46. The van der Waals surface area contributed by atoms with E-state index in [-0.39, 0.29) is 32.3 Å². The topological polar surface area (TPSA) is 63.2 Å². The van der Waals surface area contributed by atoms with Crippen LogP contribution >= 0.6 is 11.6 Å². The molecule has 6 rings (SSSR count). The van der Waals surface area contributed by atoms with Gasteiger partial charge in [-0.05, 0) is 109 Å². The fraction of sp³-hybridized carbons (Fsp3) is 0.213. The number of hydrogen-bond donors (Lipinski definition) is 0. The zero-order valence-corrected chi connectivity index (χ0v) is 31.9. The van der Waals surface area contributed by atoms with Crippen molar-refractivity contribution in [3.05, 3.63) is 156 Å². The lowest BCUT2D eigenvalue weighted by molar-refractivity contribution is -0.151. The molecule has 0 bridgehead atoms. The normalized spacial score (nSPS) is 11.4. The Morgan fingerprint density at radius 1 is 0.519 bits per heavy atom. The molecule has 0 aliphatic rings. The highest BCUT2D eigenvalue weighted by Gasteiger charge is 2.20. The standard InChI is InChI=1S/C47H45ClO6/c1-32-25-38(39-27-34(3)47(35(4)28-39)53-31-52-44-22-14-12-20-42(44)37-17-9-6-10-18-37)26-33(2)46(32)51-30-40(54-45(49)23-24-48)29-50-43-21-13-11-19-41(43)36-15-7-5-8-16-36/h5-22,25-28,40H,23-24,29-31H2,1-4H3. The molecule has 0 radical (unpaired) electrons. The van der Waals surface area contributed by atoms with Gasteiger partial charge < -0.3 is 23.7 Å². The maximum Gasteiger partial charge on any atom is 0.307 e. The van der Waals surface area contributed by atoms with Crippen molar-refractivity contribution >= 4 is 17.6 Å². The summed E-state index contributed by atoms with van der Waals surface area (Å²) in [6, 6.07) is 44.5. The minimum Gasteiger partial charge on any atom is -0.489 e. The van der Waals surface area contributed by atoms with Gasteiger partial charge in [-0.1, -0.05) is 97.1 Å². The Labute approximate surface area is 323 Å². The third kappa shape index (κ3) is 9.63. The van der Waals surface area contributed by atoms with Crippen molar-refractivity contribution in [2.45, 2.75) is 40.2 Å². The van der Waals surface area contributed by atoms with Crippen LogP contribution in [-0.4, -0.2) is 38.0 Å². The van der Waals surface area contributed by atoms with Gasteiger partial charge in [-0.2, -0.15) is 0 Å². The fourth-order valence-corrected chi connectivity index (χ4v) is 6.69. The van der Waals surface area contributed by atoms with Crippen molar-refractivity contribution in [3.8, 4) is 56.4 Å². The lowest BCUT2D eigenvalue weighted by Gasteiger charge is -2.22. The number of halogens is 1. The maximum atomic E-state index is 12.5. The highest BCUT2D eigenvalue weighted by atomic mass is 35.5. The van der Waals surface area contributed by atoms with Gasteiger partial charge >= 0.3 is 5.97 Å². The first-order valence-electron chi connectivity index (χ1n) is 18.1. The first kappa shape index (κ1) is 38.0. The molecule has 1 atom stereocenters. The summed E-state index contributed by atoms with van der Waals surface area (Å²) in [7, 11) is 0. The Kier molecular flexibility index (Phi) is 12.9. The van der Waals surface area contributed by atoms with Crippen molar-refractivity contribution in [3.63, 3.8) is 0 Å². The second kappa shape index (κ2) is 18.4. The van der Waals surface area contributed by atoms with Crippen LogP contribution in [-0.2, 0) is 9.53 Å². The van der Waals surface area contributed by atoms with Gasteiger partial charge in [-0.15, -0.1) is 11.6 Å². The summed E-state index contributed by atoms with van der Waals surface area (Å²) in [6.07, 6.45) is -0.555. The Hall–Kier alpha value is -5.72. The molecule has 276 valence electrons. The number of benzene rings is 6. The molecule has 7 heteroatoms. The number of aryl methyl sites for hydroxylation is 4. The van der Waals surface area contributed by atoms with E-state index < -0.39 is 12.1 Å². The first-order chi connectivity index (χ1) is 26.3. The number of rotatable bonds is 16. The van der Waals surface area contributed by atoms with Crippen LogP contribution in [0.25, 0.3) is 33.4 Å². The maximum absolute atomic E-state index is 12.5. The van der Waals surface area contributed by atoms with Crippen LogP contribution < -0.4 is 18.9 Å². The van der Waals surface area contributed by atoms with Crippen molar-refractivity contribution in [1.82, 2.24) is 0 Å². The third-order valence-electron chi connectivity index (χ3n) is 9.05. The predicted molar refractivity (Wildman–Crippen MR) is 217 cm³/mol. The van der Waals surface area contributed by atoms with Crippen molar-refractivity contribution < 1.29 is 28.5 Å². The molecule has 54 heavy (non-hydrogen) atoms. The van der Waals surface area contributed by atoms with Gasteiger partial charge in [0.15, 0.2) is 6.10 Å². The van der Waals surface area contributed by atoms with Crippen molar-refractivity contribution in [2.24, 2.45) is 0 Å². The van der Waals surface area contributed by atoms with E-state index in [2.05, 4.69) is 42.5 Å². The van der Waals surface area contributed by atoms with Crippen LogP contribution in [0.5, 0.6) is 23.0 Å². The summed E-state index contributed by atoms with van der Waals surface area (Å²) >= 11 is 5.84. The van der Waals surface area contributed by atoms with E-state index in [0.717, 1.165) is 72.9 Å². The molecular formula is C47H45ClO6. The highest BCUT2D eigenvalue weighted by molar-refractivity contribution is 6.18. The van der Waals surface area contributed by atoms with E-state index in [0.29, 0.717) is 5.75 Å². The monoisotopic (exact) mass is 740 g/mol. The number of carbonyl (C=O) groups excluding carboxylic acids is 1. The van der Waals surface area contributed by atoms with E-state index in [9.17, 15) is 4.79 Å². The summed E-state index contributed by atoms with van der Waals surface area (Å²) < 4.78 is 30.7. The van der Waals surface area contributed by atoms with E-state index in [4.69, 9.17) is 35.3 Å². The molecule has 0 saturated heterocycles. The Bertz CT molecular complexity index is 2120. The number of para-hydroxylation sites is 2. The molecule has 0 aliphatic heterocycles. The summed E-state index contributed by atoms with van der Waals surface area (Å²) in [4.78, 5) is 12.5. The molecule has 6 nitrogen and oxygen atoms in total. The van der Waals surface area contributed by atoms with E-state index in [1.807, 2.05) is 119 Å². The minimum absolute atomic E-state index is 0.0852. The molecule has 0 N–H and O–H groups in total. The average molecular weight is 741 g/mol. The van der Waals surface area contributed by atoms with Gasteiger partial charge in [0.25, 0.3) is 0 Å². The zero-order valence-electron chi connectivity index (χ0n) is 31.1. The average Bonchev–Trinajstić information content (AvgIpc) is 3.18. The molecule has 0 aromatic heterocycles. The quantitative estimate of drug-likeness (QED) is 0.0559. The molecule has 0 amide bonds. The number of ether oxygens (including phenoxy) is 5. The van der Waals surface area contributed by atoms with E-state index in [1.54, 1.807) is 0 Å². The second-order valence-electron chi connectivity index (χ2n) is 13.2. The Morgan fingerprint density at radius 2 is 0.944 bits per heavy atom.